The van der Waals surface area contributed by atoms with Gasteiger partial charge in [-0.25, -0.2) is 0 Å². The Morgan fingerprint density at radius 3 is 2.70 bits per heavy atom. The van der Waals surface area contributed by atoms with Gasteiger partial charge in [0.25, 0.3) is 5.91 Å². The molecule has 0 spiro atoms. The molecule has 4 nitrogen and oxygen atoms in total. The van der Waals surface area contributed by atoms with E-state index in [-0.39, 0.29) is 19.1 Å². The van der Waals surface area contributed by atoms with Gasteiger partial charge in [-0.15, -0.1) is 11.3 Å². The first kappa shape index (κ1) is 14.8. The summed E-state index contributed by atoms with van der Waals surface area (Å²) in [6, 6.07) is 12.5. The first-order chi connectivity index (χ1) is 9.65. The largest absolute Gasteiger partial charge is 0.484 e. The van der Waals surface area contributed by atoms with Crippen molar-refractivity contribution in [3.05, 3.63) is 51.7 Å². The Morgan fingerprint density at radius 1 is 1.30 bits per heavy atom. The normalized spacial score (nSPS) is 11.9. The molecule has 0 fully saturated rings. The topological polar surface area (TPSA) is 58.6 Å². The Labute approximate surface area is 126 Å². The number of hydrogen-bond donors (Lipinski definition) is 2. The fourth-order valence-electron chi connectivity index (χ4n) is 1.54. The fourth-order valence-corrected chi connectivity index (χ4v) is 2.58. The van der Waals surface area contributed by atoms with Crippen molar-refractivity contribution in [1.82, 2.24) is 5.32 Å². The highest BCUT2D eigenvalue weighted by atomic mass is 35.5. The predicted molar refractivity (Wildman–Crippen MR) is 79.2 cm³/mol. The van der Waals surface area contributed by atoms with Crippen LogP contribution in [0, 0.1) is 0 Å². The summed E-state index contributed by atoms with van der Waals surface area (Å²) in [6.07, 6.45) is -0.756. The average Bonchev–Trinajstić information content (AvgIpc) is 2.90. The van der Waals surface area contributed by atoms with Crippen LogP contribution in [0.4, 0.5) is 0 Å². The molecule has 0 radical (unpaired) electrons. The smallest absolute Gasteiger partial charge is 0.258 e. The van der Waals surface area contributed by atoms with E-state index in [9.17, 15) is 9.90 Å². The van der Waals surface area contributed by atoms with Crippen molar-refractivity contribution in [2.75, 3.05) is 13.2 Å². The van der Waals surface area contributed by atoms with Gasteiger partial charge in [0, 0.05) is 11.4 Å². The van der Waals surface area contributed by atoms with Crippen molar-refractivity contribution >= 4 is 28.8 Å². The molecule has 2 N–H and O–H groups in total. The highest BCUT2D eigenvalue weighted by molar-refractivity contribution is 7.16. The van der Waals surface area contributed by atoms with E-state index in [1.807, 2.05) is 18.2 Å². The summed E-state index contributed by atoms with van der Waals surface area (Å²) in [7, 11) is 0. The molecule has 0 saturated heterocycles. The zero-order valence-electron chi connectivity index (χ0n) is 10.6. The number of thiophene rings is 1. The predicted octanol–water partition coefficient (Wildman–Crippen LogP) is 2.63. The van der Waals surface area contributed by atoms with Crippen molar-refractivity contribution < 1.29 is 14.6 Å². The summed E-state index contributed by atoms with van der Waals surface area (Å²) in [4.78, 5) is 12.3. The van der Waals surface area contributed by atoms with Crippen molar-refractivity contribution in [2.45, 2.75) is 6.10 Å². The highest BCUT2D eigenvalue weighted by Crippen LogP contribution is 2.26. The van der Waals surface area contributed by atoms with Gasteiger partial charge in [-0.1, -0.05) is 29.8 Å². The van der Waals surface area contributed by atoms with Gasteiger partial charge in [-0.3, -0.25) is 4.79 Å². The van der Waals surface area contributed by atoms with Gasteiger partial charge < -0.3 is 15.2 Å². The third-order valence-electron chi connectivity index (χ3n) is 2.53. The number of carbonyl (C=O) groups is 1. The lowest BCUT2D eigenvalue weighted by molar-refractivity contribution is -0.123. The number of carbonyl (C=O) groups excluding carboxylic acids is 1. The Kier molecular flexibility index (Phi) is 5.40. The molecule has 6 heteroatoms. The van der Waals surface area contributed by atoms with E-state index < -0.39 is 6.10 Å². The van der Waals surface area contributed by atoms with Gasteiger partial charge in [0.15, 0.2) is 6.61 Å². The van der Waals surface area contributed by atoms with Crippen LogP contribution >= 0.6 is 22.9 Å². The number of halogens is 1. The van der Waals surface area contributed by atoms with E-state index in [0.29, 0.717) is 10.1 Å². The van der Waals surface area contributed by atoms with E-state index in [0.717, 1.165) is 4.88 Å². The van der Waals surface area contributed by atoms with E-state index in [2.05, 4.69) is 5.32 Å². The minimum absolute atomic E-state index is 0.0814. The second-order valence-corrected chi connectivity index (χ2v) is 5.81. The maximum atomic E-state index is 11.6. The Hall–Kier alpha value is -1.56. The van der Waals surface area contributed by atoms with Crippen molar-refractivity contribution in [3.63, 3.8) is 0 Å². The molecule has 106 valence electrons. The molecule has 1 atom stereocenters. The first-order valence-corrected chi connectivity index (χ1v) is 7.22. The van der Waals surface area contributed by atoms with Gasteiger partial charge in [0.05, 0.1) is 4.34 Å². The molecule has 1 aromatic heterocycles. The zero-order chi connectivity index (χ0) is 14.4. The second-order valence-electron chi connectivity index (χ2n) is 4.06. The molecule has 0 bridgehead atoms. The van der Waals surface area contributed by atoms with Gasteiger partial charge in [0.2, 0.25) is 0 Å². The molecule has 1 amide bonds. The lowest BCUT2D eigenvalue weighted by atomic mass is 10.3. The summed E-state index contributed by atoms with van der Waals surface area (Å²) < 4.78 is 5.91. The number of para-hydroxylation sites is 1. The molecular formula is C14H14ClNO3S. The minimum Gasteiger partial charge on any atom is -0.484 e. The summed E-state index contributed by atoms with van der Waals surface area (Å²) in [6.45, 7) is 0.0513. The maximum Gasteiger partial charge on any atom is 0.258 e. The summed E-state index contributed by atoms with van der Waals surface area (Å²) >= 11 is 7.08. The van der Waals surface area contributed by atoms with Crippen molar-refractivity contribution in [3.8, 4) is 5.75 Å². The molecule has 2 rings (SSSR count). The minimum atomic E-state index is -0.756. The molecule has 0 aliphatic heterocycles. The van der Waals surface area contributed by atoms with Crippen LogP contribution in [0.5, 0.6) is 5.75 Å². The number of nitrogens with one attached hydrogen (secondary N) is 1. The van der Waals surface area contributed by atoms with Gasteiger partial charge in [-0.2, -0.15) is 0 Å². The van der Waals surface area contributed by atoms with Crippen LogP contribution in [0.25, 0.3) is 0 Å². The molecule has 2 aromatic rings. The molecule has 1 aromatic carbocycles. The van der Waals surface area contributed by atoms with Crippen LogP contribution in [-0.4, -0.2) is 24.2 Å². The van der Waals surface area contributed by atoms with Crippen molar-refractivity contribution in [1.29, 1.82) is 0 Å². The lowest BCUT2D eigenvalue weighted by Crippen LogP contribution is -2.32. The number of benzene rings is 1. The lowest BCUT2D eigenvalue weighted by Gasteiger charge is -2.11. The Balaban J connectivity index is 1.72. The molecule has 20 heavy (non-hydrogen) atoms. The highest BCUT2D eigenvalue weighted by Gasteiger charge is 2.12. The standard InChI is InChI=1S/C14H14ClNO3S/c15-13-7-6-12(20-13)11(17)8-16-14(18)9-19-10-4-2-1-3-5-10/h1-7,11,17H,8-9H2,(H,16,18)/t11-/m1/s1. The number of aliphatic hydroxyl groups is 1. The van der Waals surface area contributed by atoms with Crippen LogP contribution in [0.15, 0.2) is 42.5 Å². The van der Waals surface area contributed by atoms with Crippen LogP contribution < -0.4 is 10.1 Å². The van der Waals surface area contributed by atoms with Crippen LogP contribution in [0.1, 0.15) is 11.0 Å². The van der Waals surface area contributed by atoms with E-state index in [1.165, 1.54) is 11.3 Å². The maximum absolute atomic E-state index is 11.6. The van der Waals surface area contributed by atoms with Crippen LogP contribution in [-0.2, 0) is 4.79 Å². The monoisotopic (exact) mass is 311 g/mol. The van der Waals surface area contributed by atoms with Crippen molar-refractivity contribution in [2.24, 2.45) is 0 Å². The Bertz CT molecular complexity index is 559. The molecule has 0 aliphatic rings. The first-order valence-electron chi connectivity index (χ1n) is 6.03. The number of ether oxygens (including phenoxy) is 1. The van der Waals surface area contributed by atoms with E-state index in [4.69, 9.17) is 16.3 Å². The molecule has 0 aliphatic carbocycles. The number of aliphatic hydroxyl groups excluding tert-OH is 1. The molecule has 0 unspecified atom stereocenters. The summed E-state index contributed by atoms with van der Waals surface area (Å²) in [5.74, 6) is 0.351. The van der Waals surface area contributed by atoms with Gasteiger partial charge >= 0.3 is 0 Å². The summed E-state index contributed by atoms with van der Waals surface area (Å²) in [5.41, 5.74) is 0. The van der Waals surface area contributed by atoms with E-state index >= 15 is 0 Å². The van der Waals surface area contributed by atoms with Gasteiger partial charge in [0.1, 0.15) is 11.9 Å². The second kappa shape index (κ2) is 7.28. The van der Waals surface area contributed by atoms with Gasteiger partial charge in [-0.05, 0) is 24.3 Å². The fraction of sp³-hybridized carbons (Fsp3) is 0.214. The summed E-state index contributed by atoms with van der Waals surface area (Å²) in [5, 5.41) is 12.5. The number of amides is 1. The Morgan fingerprint density at radius 2 is 2.05 bits per heavy atom. The quantitative estimate of drug-likeness (QED) is 0.862. The van der Waals surface area contributed by atoms with Crippen LogP contribution in [0.3, 0.4) is 0 Å². The number of rotatable bonds is 6. The molecule has 0 saturated carbocycles. The third kappa shape index (κ3) is 4.52. The SMILES string of the molecule is O=C(COc1ccccc1)NC[C@@H](O)c1ccc(Cl)s1. The average molecular weight is 312 g/mol. The molecular weight excluding hydrogens is 298 g/mol. The molecule has 1 heterocycles. The van der Waals surface area contributed by atoms with Crippen LogP contribution in [0.2, 0.25) is 4.34 Å². The van der Waals surface area contributed by atoms with E-state index in [1.54, 1.807) is 24.3 Å². The third-order valence-corrected chi connectivity index (χ3v) is 3.86. The zero-order valence-corrected chi connectivity index (χ0v) is 12.2. The number of hydrogen-bond acceptors (Lipinski definition) is 4.